The van der Waals surface area contributed by atoms with Gasteiger partial charge in [-0.25, -0.2) is 9.79 Å². The van der Waals surface area contributed by atoms with E-state index in [9.17, 15) is 9.59 Å². The van der Waals surface area contributed by atoms with Crippen LogP contribution in [0.2, 0.25) is 0 Å². The molecular weight excluding hydrogens is 532 g/mol. The molecule has 1 atom stereocenters. The van der Waals surface area contributed by atoms with E-state index in [4.69, 9.17) is 20.9 Å². The highest BCUT2D eigenvalue weighted by atomic mass is 32.1. The number of fused-ring (bicyclic) bond motifs is 1. The molecule has 0 spiro atoms. The van der Waals surface area contributed by atoms with E-state index >= 15 is 0 Å². The average Bonchev–Trinajstić information content (AvgIpc) is 3.30. The minimum atomic E-state index is -0.705. The summed E-state index contributed by atoms with van der Waals surface area (Å²) in [4.78, 5) is 33.0. The number of ether oxygens (including phenoxy) is 2. The van der Waals surface area contributed by atoms with Crippen molar-refractivity contribution in [3.8, 4) is 18.1 Å². The van der Waals surface area contributed by atoms with E-state index in [1.165, 1.54) is 16.9 Å². The van der Waals surface area contributed by atoms with Gasteiger partial charge in [-0.15, -0.1) is 6.42 Å². The third kappa shape index (κ3) is 5.79. The highest BCUT2D eigenvalue weighted by Crippen LogP contribution is 2.35. The van der Waals surface area contributed by atoms with Gasteiger partial charge >= 0.3 is 5.97 Å². The van der Waals surface area contributed by atoms with Gasteiger partial charge in [0.15, 0.2) is 4.80 Å². The predicted molar refractivity (Wildman–Crippen MR) is 162 cm³/mol. The summed E-state index contributed by atoms with van der Waals surface area (Å²) in [6.45, 7) is 6.41. The normalized spacial score (nSPS) is 14.8. The zero-order valence-electron chi connectivity index (χ0n) is 23.2. The van der Waals surface area contributed by atoms with E-state index in [2.05, 4.69) is 19.8 Å². The number of hydrogen-bond donors (Lipinski definition) is 0. The zero-order chi connectivity index (χ0) is 28.9. The molecule has 0 N–H and O–H groups in total. The minimum Gasteiger partial charge on any atom is -0.481 e. The fourth-order valence-electron chi connectivity index (χ4n) is 4.76. The van der Waals surface area contributed by atoms with E-state index in [0.717, 1.165) is 16.7 Å². The molecule has 0 amide bonds. The Morgan fingerprint density at radius 2 is 1.78 bits per heavy atom. The van der Waals surface area contributed by atoms with Gasteiger partial charge in [-0.3, -0.25) is 9.36 Å². The summed E-state index contributed by atoms with van der Waals surface area (Å²) in [5, 5.41) is 0. The monoisotopic (exact) mass is 562 g/mol. The smallest absolute Gasteiger partial charge is 0.338 e. The lowest BCUT2D eigenvalue weighted by atomic mass is 9.91. The Balaban J connectivity index is 1.73. The Labute approximate surface area is 242 Å². The Bertz CT molecular complexity index is 1810. The summed E-state index contributed by atoms with van der Waals surface area (Å²) < 4.78 is 13.1. The lowest BCUT2D eigenvalue weighted by molar-refractivity contribution is -0.138. The quantitative estimate of drug-likeness (QED) is 0.222. The number of aromatic nitrogens is 1. The lowest BCUT2D eigenvalue weighted by Crippen LogP contribution is -2.40. The molecule has 1 aliphatic heterocycles. The topological polar surface area (TPSA) is 69.9 Å². The third-order valence-corrected chi connectivity index (χ3v) is 7.78. The number of nitrogens with zero attached hydrogens (tertiary/aromatic N) is 2. The number of rotatable bonds is 8. The van der Waals surface area contributed by atoms with Crippen LogP contribution in [0.1, 0.15) is 55.0 Å². The molecule has 1 aromatic heterocycles. The number of esters is 1. The largest absolute Gasteiger partial charge is 0.481 e. The van der Waals surface area contributed by atoms with Crippen LogP contribution in [0.25, 0.3) is 11.8 Å². The van der Waals surface area contributed by atoms with E-state index in [1.807, 2.05) is 84.9 Å². The first-order valence-corrected chi connectivity index (χ1v) is 14.3. The fourth-order valence-corrected chi connectivity index (χ4v) is 5.76. The van der Waals surface area contributed by atoms with Gasteiger partial charge in [0.1, 0.15) is 12.4 Å². The summed E-state index contributed by atoms with van der Waals surface area (Å²) in [6, 6.07) is 24.3. The van der Waals surface area contributed by atoms with E-state index in [-0.39, 0.29) is 18.8 Å². The molecule has 0 saturated heterocycles. The van der Waals surface area contributed by atoms with Crippen LogP contribution < -0.4 is 19.6 Å². The first-order valence-electron chi connectivity index (χ1n) is 13.5. The summed E-state index contributed by atoms with van der Waals surface area (Å²) >= 11 is 1.29. The summed E-state index contributed by atoms with van der Waals surface area (Å²) in [7, 11) is 0. The van der Waals surface area contributed by atoms with Crippen LogP contribution in [0.5, 0.6) is 5.75 Å². The lowest BCUT2D eigenvalue weighted by Gasteiger charge is -2.26. The molecule has 206 valence electrons. The highest BCUT2D eigenvalue weighted by molar-refractivity contribution is 7.07. The van der Waals surface area contributed by atoms with Crippen molar-refractivity contribution in [3.05, 3.63) is 126 Å². The molecule has 4 aromatic rings. The molecule has 0 unspecified atom stereocenters. The van der Waals surface area contributed by atoms with Crippen molar-refractivity contribution >= 4 is 29.1 Å². The molecule has 7 heteroatoms. The van der Waals surface area contributed by atoms with Gasteiger partial charge < -0.3 is 9.47 Å². The van der Waals surface area contributed by atoms with Crippen LogP contribution in [0, 0.1) is 12.3 Å². The predicted octanol–water partition coefficient (Wildman–Crippen LogP) is 5.07. The van der Waals surface area contributed by atoms with Crippen LogP contribution in [0.4, 0.5) is 0 Å². The van der Waals surface area contributed by atoms with E-state index in [0.29, 0.717) is 32.3 Å². The Hall–Kier alpha value is -4.67. The molecule has 0 fully saturated rings. The molecule has 2 heterocycles. The molecule has 6 nitrogen and oxygen atoms in total. The number of terminal acetylenes is 1. The zero-order valence-corrected chi connectivity index (χ0v) is 24.0. The van der Waals surface area contributed by atoms with Gasteiger partial charge in [0.2, 0.25) is 0 Å². The summed E-state index contributed by atoms with van der Waals surface area (Å²) in [5.41, 5.74) is 4.19. The standard InChI is InChI=1S/C34H30N2O4S/c1-5-20-40-27-18-12-23(13-19-27)21-28-32(37)36-31(26-16-14-24(15-17-26)22(3)4)29(33(38)39-6-2)30(35-34(36)41-28)25-10-8-7-9-11-25/h1,7-19,21-22,31H,6,20H2,2-4H3/b28-21-/t31-/m1/s1. The first-order chi connectivity index (χ1) is 19.9. The molecule has 0 radical (unpaired) electrons. The Morgan fingerprint density at radius 3 is 2.41 bits per heavy atom. The van der Waals surface area contributed by atoms with Crippen molar-refractivity contribution in [1.82, 2.24) is 4.57 Å². The van der Waals surface area contributed by atoms with Gasteiger partial charge in [-0.1, -0.05) is 97.8 Å². The van der Waals surface area contributed by atoms with Crippen molar-refractivity contribution in [2.75, 3.05) is 13.2 Å². The second kappa shape index (κ2) is 12.2. The van der Waals surface area contributed by atoms with E-state index in [1.54, 1.807) is 11.5 Å². The second-order valence-electron chi connectivity index (χ2n) is 9.81. The van der Waals surface area contributed by atoms with Crippen LogP contribution in [-0.2, 0) is 9.53 Å². The van der Waals surface area contributed by atoms with Crippen molar-refractivity contribution in [2.24, 2.45) is 4.99 Å². The van der Waals surface area contributed by atoms with E-state index < -0.39 is 12.0 Å². The van der Waals surface area contributed by atoms with Crippen molar-refractivity contribution in [3.63, 3.8) is 0 Å². The Morgan fingerprint density at radius 1 is 1.07 bits per heavy atom. The maximum atomic E-state index is 14.0. The molecule has 0 saturated carbocycles. The van der Waals surface area contributed by atoms with Crippen molar-refractivity contribution in [2.45, 2.75) is 32.7 Å². The van der Waals surface area contributed by atoms with Gasteiger partial charge in [0.25, 0.3) is 5.56 Å². The molecule has 0 bridgehead atoms. The molecule has 0 aliphatic carbocycles. The third-order valence-electron chi connectivity index (χ3n) is 6.79. The van der Waals surface area contributed by atoms with Gasteiger partial charge in [0.05, 0.1) is 28.5 Å². The maximum Gasteiger partial charge on any atom is 0.338 e. The van der Waals surface area contributed by atoms with Gasteiger partial charge in [-0.05, 0) is 47.7 Å². The molecule has 1 aliphatic rings. The van der Waals surface area contributed by atoms with Crippen LogP contribution >= 0.6 is 11.3 Å². The fraction of sp³-hybridized carbons (Fsp3) is 0.206. The van der Waals surface area contributed by atoms with Crippen molar-refractivity contribution < 1.29 is 14.3 Å². The number of benzene rings is 3. The van der Waals surface area contributed by atoms with Gasteiger partial charge in [-0.2, -0.15) is 0 Å². The second-order valence-corrected chi connectivity index (χ2v) is 10.8. The summed E-state index contributed by atoms with van der Waals surface area (Å²) in [6.07, 6.45) is 7.10. The number of thiazole rings is 1. The van der Waals surface area contributed by atoms with Crippen LogP contribution in [0.3, 0.4) is 0 Å². The molecule has 3 aromatic carbocycles. The van der Waals surface area contributed by atoms with Gasteiger partial charge in [0, 0.05) is 5.56 Å². The number of carbonyl (C=O) groups is 1. The highest BCUT2D eigenvalue weighted by Gasteiger charge is 2.35. The average molecular weight is 563 g/mol. The Kier molecular flexibility index (Phi) is 8.32. The summed E-state index contributed by atoms with van der Waals surface area (Å²) in [5.74, 6) is 2.94. The number of hydrogen-bond acceptors (Lipinski definition) is 6. The maximum absolute atomic E-state index is 14.0. The van der Waals surface area contributed by atoms with Crippen LogP contribution in [0.15, 0.2) is 94.2 Å². The minimum absolute atomic E-state index is 0.183. The number of carbonyl (C=O) groups excluding carboxylic acids is 1. The molecular formula is C34H30N2O4S. The first kappa shape index (κ1) is 27.9. The van der Waals surface area contributed by atoms with Crippen LogP contribution in [-0.4, -0.2) is 23.8 Å². The van der Waals surface area contributed by atoms with Crippen molar-refractivity contribution in [1.29, 1.82) is 0 Å². The SMILES string of the molecule is C#CCOc1ccc(/C=c2\sc3n(c2=O)[C@H](c2ccc(C(C)C)cc2)C(C(=O)OCC)=C(c2ccccc2)N=3)cc1. The molecule has 5 rings (SSSR count). The molecule has 41 heavy (non-hydrogen) atoms.